The third-order valence-corrected chi connectivity index (χ3v) is 5.42. The molecule has 0 N–H and O–H groups in total. The zero-order chi connectivity index (χ0) is 12.6. The molecule has 2 rings (SSSR count). The lowest BCUT2D eigenvalue weighted by molar-refractivity contribution is 0.0482. The van der Waals surface area contributed by atoms with Crippen LogP contribution in [0.5, 0.6) is 0 Å². The Hall–Kier alpha value is -0.300. The summed E-state index contributed by atoms with van der Waals surface area (Å²) in [5, 5.41) is 4.77. The van der Waals surface area contributed by atoms with Crippen LogP contribution in [0.2, 0.25) is 0 Å². The Morgan fingerprint density at radius 1 is 1.35 bits per heavy atom. The summed E-state index contributed by atoms with van der Waals surface area (Å²) in [6.07, 6.45) is 6.70. The second-order valence-corrected chi connectivity index (χ2v) is 6.84. The smallest absolute Gasteiger partial charge is 0.0274 e. The lowest BCUT2D eigenvalue weighted by Gasteiger charge is -2.59. The van der Waals surface area contributed by atoms with Gasteiger partial charge >= 0.3 is 0 Å². The van der Waals surface area contributed by atoms with E-state index in [1.54, 1.807) is 0 Å². The maximum atomic E-state index is 4.77. The summed E-state index contributed by atoms with van der Waals surface area (Å²) in [5.41, 5.74) is 1.98. The summed E-state index contributed by atoms with van der Waals surface area (Å²) in [5.74, 6) is 2.18. The van der Waals surface area contributed by atoms with Crippen molar-refractivity contribution in [2.45, 2.75) is 58.9 Å². The van der Waals surface area contributed by atoms with Gasteiger partial charge in [-0.25, -0.2) is 0 Å². The Labute approximate surface area is 107 Å². The number of hydrogen-bond donors (Lipinski definition) is 0. The molecule has 0 aromatic carbocycles. The molecule has 2 saturated carbocycles. The fourth-order valence-corrected chi connectivity index (χ4v) is 4.44. The number of rotatable bonds is 2. The quantitative estimate of drug-likeness (QED) is 0.610. The fourth-order valence-electron chi connectivity index (χ4n) is 4.44. The first-order valence-corrected chi connectivity index (χ1v) is 7.26. The predicted octanol–water partition coefficient (Wildman–Crippen LogP) is 4.79. The Morgan fingerprint density at radius 3 is 2.65 bits per heavy atom. The molecule has 0 aliphatic heterocycles. The van der Waals surface area contributed by atoms with E-state index in [0.29, 0.717) is 17.4 Å². The van der Waals surface area contributed by atoms with Gasteiger partial charge in [0.1, 0.15) is 0 Å². The van der Waals surface area contributed by atoms with Crippen molar-refractivity contribution in [3.63, 3.8) is 0 Å². The minimum Gasteiger partial charge on any atom is -0.662 e. The van der Waals surface area contributed by atoms with Gasteiger partial charge in [-0.3, -0.25) is 0 Å². The highest BCUT2D eigenvalue weighted by Crippen LogP contribution is 2.55. The Balaban J connectivity index is 2.28. The lowest BCUT2D eigenvalue weighted by Crippen LogP contribution is -2.48. The second-order valence-electron chi connectivity index (χ2n) is 6.84. The van der Waals surface area contributed by atoms with E-state index >= 15 is 0 Å². The Kier molecular flexibility index (Phi) is 3.68. The highest BCUT2D eigenvalue weighted by atomic mass is 14.9. The van der Waals surface area contributed by atoms with Crippen LogP contribution in [-0.2, 0) is 0 Å². The first-order valence-electron chi connectivity index (χ1n) is 7.26. The molecule has 0 aromatic rings. The third-order valence-electron chi connectivity index (χ3n) is 5.42. The summed E-state index contributed by atoms with van der Waals surface area (Å²) in [6.45, 7) is 11.6. The molecular weight excluding hydrogens is 206 g/mol. The van der Waals surface area contributed by atoms with Crippen molar-refractivity contribution < 1.29 is 0 Å². The zero-order valence-corrected chi connectivity index (χ0v) is 12.0. The molecule has 0 amide bonds. The highest BCUT2D eigenvalue weighted by Gasteiger charge is 2.45. The lowest BCUT2D eigenvalue weighted by atomic mass is 9.53. The van der Waals surface area contributed by atoms with Crippen LogP contribution >= 0.6 is 0 Å². The Morgan fingerprint density at radius 2 is 2.06 bits per heavy atom. The summed E-state index contributed by atoms with van der Waals surface area (Å²) in [4.78, 5) is 0. The molecule has 0 radical (unpaired) electrons. The molecule has 2 fully saturated rings. The SMILES string of the molecule is C=C1CCC[C@]2(C)CC[C@@H](C(C)C)[C@H]([N-]C)[C@@H]12. The van der Waals surface area contributed by atoms with Gasteiger partial charge in [-0.1, -0.05) is 45.3 Å². The molecule has 0 heterocycles. The molecule has 0 bridgehead atoms. The van der Waals surface area contributed by atoms with Gasteiger partial charge in [-0.2, -0.15) is 7.05 Å². The van der Waals surface area contributed by atoms with Gasteiger partial charge in [0.25, 0.3) is 0 Å². The van der Waals surface area contributed by atoms with Crippen LogP contribution in [0.3, 0.4) is 0 Å². The van der Waals surface area contributed by atoms with Crippen LogP contribution in [0.1, 0.15) is 52.9 Å². The molecule has 0 spiro atoms. The molecule has 4 atom stereocenters. The average molecular weight is 234 g/mol. The molecule has 1 heteroatoms. The zero-order valence-electron chi connectivity index (χ0n) is 12.0. The van der Waals surface area contributed by atoms with Crippen LogP contribution in [0.25, 0.3) is 5.32 Å². The number of hydrogen-bond acceptors (Lipinski definition) is 0. The molecule has 17 heavy (non-hydrogen) atoms. The van der Waals surface area contributed by atoms with Crippen LogP contribution < -0.4 is 0 Å². The molecule has 98 valence electrons. The normalized spacial score (nSPS) is 42.6. The molecule has 2 aliphatic carbocycles. The number of nitrogens with zero attached hydrogens (tertiary/aromatic N) is 1. The summed E-state index contributed by atoms with van der Waals surface area (Å²) in [7, 11) is 2.02. The van der Waals surface area contributed by atoms with Crippen molar-refractivity contribution in [1.82, 2.24) is 0 Å². The van der Waals surface area contributed by atoms with Crippen LogP contribution in [0.15, 0.2) is 12.2 Å². The van der Waals surface area contributed by atoms with E-state index in [-0.39, 0.29) is 0 Å². The second kappa shape index (κ2) is 4.76. The third kappa shape index (κ3) is 2.19. The molecule has 2 aliphatic rings. The van der Waals surface area contributed by atoms with Gasteiger partial charge in [0.15, 0.2) is 0 Å². The van der Waals surface area contributed by atoms with E-state index in [9.17, 15) is 0 Å². The van der Waals surface area contributed by atoms with Crippen molar-refractivity contribution in [2.24, 2.45) is 23.2 Å². The molecule has 0 saturated heterocycles. The van der Waals surface area contributed by atoms with E-state index in [1.807, 2.05) is 7.05 Å². The van der Waals surface area contributed by atoms with E-state index in [4.69, 9.17) is 5.32 Å². The Bertz CT molecular complexity index is 294. The van der Waals surface area contributed by atoms with Gasteiger partial charge in [-0.05, 0) is 42.9 Å². The maximum Gasteiger partial charge on any atom is -0.0274 e. The monoisotopic (exact) mass is 234 g/mol. The minimum absolute atomic E-state index is 0.491. The van der Waals surface area contributed by atoms with Crippen LogP contribution in [0.4, 0.5) is 0 Å². The largest absolute Gasteiger partial charge is 0.662 e. The van der Waals surface area contributed by atoms with Crippen molar-refractivity contribution in [2.75, 3.05) is 7.05 Å². The van der Waals surface area contributed by atoms with E-state index in [2.05, 4.69) is 27.4 Å². The van der Waals surface area contributed by atoms with Gasteiger partial charge < -0.3 is 5.32 Å². The number of fused-ring (bicyclic) bond motifs is 1. The summed E-state index contributed by atoms with van der Waals surface area (Å²) in [6, 6.07) is 0.529. The van der Waals surface area contributed by atoms with Crippen molar-refractivity contribution in [3.8, 4) is 0 Å². The van der Waals surface area contributed by atoms with Crippen molar-refractivity contribution >= 4 is 0 Å². The van der Waals surface area contributed by atoms with E-state index < -0.39 is 0 Å². The first-order chi connectivity index (χ1) is 7.99. The minimum atomic E-state index is 0.491. The topological polar surface area (TPSA) is 14.1 Å². The summed E-state index contributed by atoms with van der Waals surface area (Å²) >= 11 is 0. The van der Waals surface area contributed by atoms with Gasteiger partial charge in [0, 0.05) is 0 Å². The fraction of sp³-hybridized carbons (Fsp3) is 0.875. The van der Waals surface area contributed by atoms with E-state index in [0.717, 1.165) is 11.8 Å². The van der Waals surface area contributed by atoms with Gasteiger partial charge in [0.2, 0.25) is 0 Å². The summed E-state index contributed by atoms with van der Waals surface area (Å²) < 4.78 is 0. The van der Waals surface area contributed by atoms with Crippen LogP contribution in [-0.4, -0.2) is 13.1 Å². The van der Waals surface area contributed by atoms with Crippen molar-refractivity contribution in [3.05, 3.63) is 17.5 Å². The van der Waals surface area contributed by atoms with Crippen molar-refractivity contribution in [1.29, 1.82) is 0 Å². The average Bonchev–Trinajstić information content (AvgIpc) is 2.26. The molecule has 1 nitrogen and oxygen atoms in total. The predicted molar refractivity (Wildman–Crippen MR) is 75.2 cm³/mol. The highest BCUT2D eigenvalue weighted by molar-refractivity contribution is 5.20. The molecule has 0 unspecified atom stereocenters. The molecule has 0 aromatic heterocycles. The van der Waals surface area contributed by atoms with E-state index in [1.165, 1.54) is 37.7 Å². The van der Waals surface area contributed by atoms with Crippen LogP contribution in [0, 0.1) is 23.2 Å². The molecular formula is C16H28N-. The van der Waals surface area contributed by atoms with Gasteiger partial charge in [0.05, 0.1) is 0 Å². The first kappa shape index (κ1) is 13.1. The van der Waals surface area contributed by atoms with Gasteiger partial charge in [-0.15, -0.1) is 6.04 Å². The maximum absolute atomic E-state index is 4.77. The standard InChI is InChI=1S/C16H28N/c1-11(2)13-8-10-16(4)9-6-7-12(3)14(16)15(13)17-5/h11,13-15H,3,6-10H2,1-2,4-5H3/q-1/t13-,14+,15-,16+/m0/s1.